The maximum Gasteiger partial charge on any atom is 0.00927 e. The quantitative estimate of drug-likeness (QED) is 0.761. The van der Waals surface area contributed by atoms with Gasteiger partial charge in [-0.15, -0.1) is 0 Å². The molecule has 0 saturated carbocycles. The second-order valence-corrected chi connectivity index (χ2v) is 4.73. The van der Waals surface area contributed by atoms with Crippen molar-refractivity contribution in [1.29, 1.82) is 0 Å². The van der Waals surface area contributed by atoms with Gasteiger partial charge in [-0.3, -0.25) is 0 Å². The predicted molar refractivity (Wildman–Crippen MR) is 64.9 cm³/mol. The van der Waals surface area contributed by atoms with Gasteiger partial charge in [-0.25, -0.2) is 0 Å². The summed E-state index contributed by atoms with van der Waals surface area (Å²) >= 11 is 1.79. The number of hydrogen-bond donors (Lipinski definition) is 1. The summed E-state index contributed by atoms with van der Waals surface area (Å²) in [6.45, 7) is 4.59. The Morgan fingerprint density at radius 3 is 2.79 bits per heavy atom. The van der Waals surface area contributed by atoms with Crippen LogP contribution < -0.4 is 5.32 Å². The third-order valence-electron chi connectivity index (χ3n) is 3.03. The molecular weight excluding hydrogens is 190 g/mol. The van der Waals surface area contributed by atoms with Gasteiger partial charge in [0.05, 0.1) is 0 Å². The van der Waals surface area contributed by atoms with Crippen molar-refractivity contribution in [3.8, 4) is 0 Å². The molecule has 1 N–H and O–H groups in total. The third-order valence-corrected chi connectivity index (χ3v) is 3.76. The van der Waals surface area contributed by atoms with Gasteiger partial charge in [-0.2, -0.15) is 11.3 Å². The van der Waals surface area contributed by atoms with Crippen molar-refractivity contribution in [3.05, 3.63) is 22.4 Å². The van der Waals surface area contributed by atoms with Crippen LogP contribution >= 0.6 is 11.3 Å². The summed E-state index contributed by atoms with van der Waals surface area (Å²) in [4.78, 5) is 0. The van der Waals surface area contributed by atoms with E-state index in [9.17, 15) is 0 Å². The van der Waals surface area contributed by atoms with Crippen molar-refractivity contribution in [2.45, 2.75) is 39.2 Å². The molecule has 1 nitrogen and oxygen atoms in total. The average molecular weight is 211 g/mol. The third kappa shape index (κ3) is 3.43. The van der Waals surface area contributed by atoms with Crippen LogP contribution in [-0.4, -0.2) is 13.1 Å². The summed E-state index contributed by atoms with van der Waals surface area (Å²) in [5, 5.41) is 7.83. The molecule has 2 heteroatoms. The Labute approximate surface area is 91.5 Å². The first-order chi connectivity index (χ1) is 6.77. The molecule has 80 valence electrons. The zero-order chi connectivity index (χ0) is 10.4. The zero-order valence-corrected chi connectivity index (χ0v) is 10.2. The number of nitrogens with one attached hydrogen (secondary N) is 1. The fraction of sp³-hybridized carbons (Fsp3) is 0.667. The first kappa shape index (κ1) is 11.7. The van der Waals surface area contributed by atoms with Crippen molar-refractivity contribution in [2.75, 3.05) is 7.05 Å². The molecule has 1 aromatic heterocycles. The summed E-state index contributed by atoms with van der Waals surface area (Å²) in [7, 11) is 2.07. The fourth-order valence-corrected chi connectivity index (χ4v) is 2.46. The van der Waals surface area contributed by atoms with Crippen molar-refractivity contribution >= 4 is 11.3 Å². The van der Waals surface area contributed by atoms with Gasteiger partial charge < -0.3 is 5.32 Å². The smallest absolute Gasteiger partial charge is 0.00927 e. The minimum absolute atomic E-state index is 0.667. The van der Waals surface area contributed by atoms with Crippen LogP contribution in [0.3, 0.4) is 0 Å². The van der Waals surface area contributed by atoms with Crippen LogP contribution in [0.1, 0.15) is 32.3 Å². The molecule has 1 rings (SSSR count). The lowest BCUT2D eigenvalue weighted by molar-refractivity contribution is 0.369. The topological polar surface area (TPSA) is 12.0 Å². The Kier molecular flexibility index (Phi) is 5.20. The summed E-state index contributed by atoms with van der Waals surface area (Å²) < 4.78 is 0. The molecule has 1 heterocycles. The standard InChI is InChI=1S/C12H21NS/c1-4-10(2)12(13-3)6-5-11-7-8-14-9-11/h7-10,12-13H,4-6H2,1-3H3. The van der Waals surface area contributed by atoms with Gasteiger partial charge in [0.2, 0.25) is 0 Å². The molecule has 0 fully saturated rings. The van der Waals surface area contributed by atoms with Crippen molar-refractivity contribution in [3.63, 3.8) is 0 Å². The van der Waals surface area contributed by atoms with E-state index in [4.69, 9.17) is 0 Å². The van der Waals surface area contributed by atoms with Gasteiger partial charge in [0.25, 0.3) is 0 Å². The summed E-state index contributed by atoms with van der Waals surface area (Å²) in [5.41, 5.74) is 1.48. The van der Waals surface area contributed by atoms with Crippen molar-refractivity contribution in [1.82, 2.24) is 5.32 Å². The average Bonchev–Trinajstić information content (AvgIpc) is 2.71. The van der Waals surface area contributed by atoms with Crippen LogP contribution in [0.2, 0.25) is 0 Å². The van der Waals surface area contributed by atoms with E-state index in [-0.39, 0.29) is 0 Å². The van der Waals surface area contributed by atoms with Crippen LogP contribution in [0, 0.1) is 5.92 Å². The lowest BCUT2D eigenvalue weighted by atomic mass is 9.94. The molecular formula is C12H21NS. The molecule has 1 aromatic rings. The Morgan fingerprint density at radius 1 is 1.50 bits per heavy atom. The second kappa shape index (κ2) is 6.20. The first-order valence-corrected chi connectivity index (χ1v) is 6.40. The molecule has 2 unspecified atom stereocenters. The van der Waals surface area contributed by atoms with E-state index < -0.39 is 0 Å². The van der Waals surface area contributed by atoms with E-state index in [2.05, 4.69) is 43.0 Å². The van der Waals surface area contributed by atoms with E-state index >= 15 is 0 Å². The van der Waals surface area contributed by atoms with E-state index in [1.165, 1.54) is 24.8 Å². The molecule has 0 aromatic carbocycles. The highest BCUT2D eigenvalue weighted by atomic mass is 32.1. The highest BCUT2D eigenvalue weighted by molar-refractivity contribution is 7.07. The molecule has 0 aliphatic heterocycles. The molecule has 2 atom stereocenters. The Hall–Kier alpha value is -0.340. The maximum atomic E-state index is 3.42. The van der Waals surface area contributed by atoms with Gasteiger partial charge in [0.15, 0.2) is 0 Å². The number of rotatable bonds is 6. The van der Waals surface area contributed by atoms with Gasteiger partial charge >= 0.3 is 0 Å². The van der Waals surface area contributed by atoms with Crippen LogP contribution in [0.5, 0.6) is 0 Å². The summed E-state index contributed by atoms with van der Waals surface area (Å²) in [6.07, 6.45) is 3.72. The maximum absolute atomic E-state index is 3.42. The Bertz CT molecular complexity index is 230. The predicted octanol–water partition coefficient (Wildman–Crippen LogP) is 3.31. The van der Waals surface area contributed by atoms with Gasteiger partial charge in [0.1, 0.15) is 0 Å². The molecule has 0 amide bonds. The highest BCUT2D eigenvalue weighted by Crippen LogP contribution is 2.15. The highest BCUT2D eigenvalue weighted by Gasteiger charge is 2.12. The molecule has 0 radical (unpaired) electrons. The number of thiophene rings is 1. The first-order valence-electron chi connectivity index (χ1n) is 5.46. The molecule has 0 saturated heterocycles. The second-order valence-electron chi connectivity index (χ2n) is 3.95. The molecule has 14 heavy (non-hydrogen) atoms. The Balaban J connectivity index is 2.34. The monoisotopic (exact) mass is 211 g/mol. The van der Waals surface area contributed by atoms with Crippen LogP contribution in [0.15, 0.2) is 16.8 Å². The zero-order valence-electron chi connectivity index (χ0n) is 9.42. The SMILES string of the molecule is CCC(C)C(CCc1ccsc1)NC. The van der Waals surface area contributed by atoms with E-state index in [0.29, 0.717) is 6.04 Å². The lowest BCUT2D eigenvalue weighted by Crippen LogP contribution is -2.32. The lowest BCUT2D eigenvalue weighted by Gasteiger charge is -2.22. The largest absolute Gasteiger partial charge is 0.317 e. The van der Waals surface area contributed by atoms with Crippen molar-refractivity contribution in [2.24, 2.45) is 5.92 Å². The summed E-state index contributed by atoms with van der Waals surface area (Å²) in [6, 6.07) is 2.90. The van der Waals surface area contributed by atoms with Gasteiger partial charge in [-0.1, -0.05) is 20.3 Å². The minimum Gasteiger partial charge on any atom is -0.317 e. The van der Waals surface area contributed by atoms with Gasteiger partial charge in [-0.05, 0) is 48.2 Å². The summed E-state index contributed by atoms with van der Waals surface area (Å²) in [5.74, 6) is 0.777. The fourth-order valence-electron chi connectivity index (χ4n) is 1.75. The molecule has 0 aliphatic carbocycles. The Morgan fingerprint density at radius 2 is 2.29 bits per heavy atom. The van der Waals surface area contributed by atoms with Crippen LogP contribution in [0.25, 0.3) is 0 Å². The van der Waals surface area contributed by atoms with Crippen LogP contribution in [-0.2, 0) is 6.42 Å². The van der Waals surface area contributed by atoms with Crippen LogP contribution in [0.4, 0.5) is 0 Å². The van der Waals surface area contributed by atoms with Gasteiger partial charge in [0, 0.05) is 6.04 Å². The normalized spacial score (nSPS) is 15.4. The molecule has 0 bridgehead atoms. The minimum atomic E-state index is 0.667. The van der Waals surface area contributed by atoms with E-state index in [1.807, 2.05) is 0 Å². The molecule has 0 spiro atoms. The van der Waals surface area contributed by atoms with E-state index in [0.717, 1.165) is 5.92 Å². The number of hydrogen-bond acceptors (Lipinski definition) is 2. The van der Waals surface area contributed by atoms with Crippen molar-refractivity contribution < 1.29 is 0 Å². The van der Waals surface area contributed by atoms with E-state index in [1.54, 1.807) is 11.3 Å². The molecule has 0 aliphatic rings. The number of aryl methyl sites for hydroxylation is 1.